The Hall–Kier alpha value is 0.660. The average molecular weight is 219 g/mol. The third kappa shape index (κ3) is 3.37. The number of hydrogen-bond donors (Lipinski definition) is 1. The van der Waals surface area contributed by atoms with Crippen molar-refractivity contribution in [3.63, 3.8) is 0 Å². The Labute approximate surface area is 91.5 Å². The Balaban J connectivity index is 2.30. The summed E-state index contributed by atoms with van der Waals surface area (Å²) in [6.07, 6.45) is 2.74. The number of hydrogen-bond acceptors (Lipinski definition) is 3. The first-order valence-corrected chi connectivity index (χ1v) is 7.12. The van der Waals surface area contributed by atoms with Crippen molar-refractivity contribution in [1.82, 2.24) is 4.90 Å². The van der Waals surface area contributed by atoms with Crippen molar-refractivity contribution >= 4 is 22.5 Å². The van der Waals surface area contributed by atoms with Crippen LogP contribution < -0.4 is 0 Å². The van der Waals surface area contributed by atoms with E-state index in [1.807, 2.05) is 0 Å². The minimum Gasteiger partial charge on any atom is -0.291 e. The summed E-state index contributed by atoms with van der Waals surface area (Å²) in [7, 11) is 1.66. The summed E-state index contributed by atoms with van der Waals surface area (Å²) in [6, 6.07) is 0. The van der Waals surface area contributed by atoms with Crippen LogP contribution in [0.15, 0.2) is 0 Å². The molecule has 1 aliphatic heterocycles. The molecular formula is C10H21NS2. The van der Waals surface area contributed by atoms with Gasteiger partial charge in [-0.25, -0.2) is 0 Å². The molecule has 0 spiro atoms. The van der Waals surface area contributed by atoms with E-state index in [4.69, 9.17) is 0 Å². The normalized spacial score (nSPS) is 23.8. The van der Waals surface area contributed by atoms with Crippen LogP contribution in [0.3, 0.4) is 0 Å². The lowest BCUT2D eigenvalue weighted by molar-refractivity contribution is 0.154. The maximum atomic E-state index is 4.26. The predicted molar refractivity (Wildman–Crippen MR) is 65.2 cm³/mol. The van der Waals surface area contributed by atoms with Gasteiger partial charge in [0, 0.05) is 0 Å². The Bertz CT molecular complexity index is 142. The molecule has 3 heteroatoms. The van der Waals surface area contributed by atoms with Gasteiger partial charge in [-0.2, -0.15) is 0 Å². The number of piperidine rings is 1. The van der Waals surface area contributed by atoms with Gasteiger partial charge in [0.2, 0.25) is 0 Å². The molecule has 0 saturated carbocycles. The largest absolute Gasteiger partial charge is 0.291 e. The Morgan fingerprint density at radius 3 is 2.15 bits per heavy atom. The van der Waals surface area contributed by atoms with Crippen molar-refractivity contribution in [2.75, 3.05) is 13.1 Å². The summed E-state index contributed by atoms with van der Waals surface area (Å²) in [6.45, 7) is 9.46. The van der Waals surface area contributed by atoms with Crippen molar-refractivity contribution in [2.45, 2.75) is 39.0 Å². The van der Waals surface area contributed by atoms with Gasteiger partial charge < -0.3 is 0 Å². The highest BCUT2D eigenvalue weighted by Gasteiger charge is 2.23. The smallest absolute Gasteiger partial charge is 0.0630 e. The minimum absolute atomic E-state index is 0.580. The molecule has 0 N–H and O–H groups in total. The predicted octanol–water partition coefficient (Wildman–Crippen LogP) is 3.28. The molecular weight excluding hydrogens is 198 g/mol. The Kier molecular flexibility index (Phi) is 4.98. The zero-order valence-corrected chi connectivity index (χ0v) is 10.6. The average Bonchev–Trinajstić information content (AvgIpc) is 2.17. The van der Waals surface area contributed by atoms with Crippen LogP contribution in [0.25, 0.3) is 0 Å². The maximum Gasteiger partial charge on any atom is 0.0630 e. The van der Waals surface area contributed by atoms with E-state index in [9.17, 15) is 0 Å². The highest BCUT2D eigenvalue weighted by atomic mass is 33.1. The maximum absolute atomic E-state index is 4.26. The van der Waals surface area contributed by atoms with Crippen LogP contribution in [0.2, 0.25) is 0 Å². The van der Waals surface area contributed by atoms with E-state index >= 15 is 0 Å². The summed E-state index contributed by atoms with van der Waals surface area (Å²) >= 11 is 4.26. The van der Waals surface area contributed by atoms with Crippen LogP contribution in [-0.4, -0.2) is 23.4 Å². The molecule has 0 bridgehead atoms. The lowest BCUT2D eigenvalue weighted by Gasteiger charge is -2.36. The third-order valence-electron chi connectivity index (χ3n) is 3.18. The minimum atomic E-state index is 0.580. The van der Waals surface area contributed by atoms with Gasteiger partial charge in [0.05, 0.1) is 5.37 Å². The van der Waals surface area contributed by atoms with E-state index in [2.05, 4.69) is 37.3 Å². The molecule has 1 rings (SSSR count). The van der Waals surface area contributed by atoms with Crippen molar-refractivity contribution in [1.29, 1.82) is 0 Å². The molecule has 0 radical (unpaired) electrons. The fraction of sp³-hybridized carbons (Fsp3) is 1.00. The van der Waals surface area contributed by atoms with Crippen molar-refractivity contribution in [3.8, 4) is 0 Å². The molecule has 0 aromatic carbocycles. The van der Waals surface area contributed by atoms with Gasteiger partial charge in [-0.3, -0.25) is 4.90 Å². The topological polar surface area (TPSA) is 3.24 Å². The van der Waals surface area contributed by atoms with Crippen molar-refractivity contribution in [2.24, 2.45) is 11.8 Å². The lowest BCUT2D eigenvalue weighted by Crippen LogP contribution is -2.39. The Morgan fingerprint density at radius 2 is 1.77 bits per heavy atom. The molecule has 1 aliphatic rings. The number of nitrogens with zero attached hydrogens (tertiary/aromatic N) is 1. The van der Waals surface area contributed by atoms with E-state index < -0.39 is 0 Å². The van der Waals surface area contributed by atoms with Gasteiger partial charge in [0.25, 0.3) is 0 Å². The molecule has 0 aliphatic carbocycles. The molecule has 13 heavy (non-hydrogen) atoms. The summed E-state index contributed by atoms with van der Waals surface area (Å²) in [5.41, 5.74) is 0. The molecule has 0 amide bonds. The molecule has 78 valence electrons. The second-order valence-electron chi connectivity index (χ2n) is 4.32. The highest BCUT2D eigenvalue weighted by Crippen LogP contribution is 2.28. The van der Waals surface area contributed by atoms with E-state index in [-0.39, 0.29) is 0 Å². The zero-order valence-electron chi connectivity index (χ0n) is 8.86. The standard InChI is InChI=1S/C10H21NS2/c1-8(2)10-4-6-11(7-5-10)9(3)13-12/h8-10,12H,4-7H2,1-3H3. The molecule has 0 aromatic rings. The first-order chi connectivity index (χ1) is 6.15. The van der Waals surface area contributed by atoms with Gasteiger partial charge in [-0.15, -0.1) is 11.7 Å². The molecule has 1 saturated heterocycles. The van der Waals surface area contributed by atoms with Gasteiger partial charge in [-0.05, 0) is 44.7 Å². The van der Waals surface area contributed by atoms with Gasteiger partial charge in [0.15, 0.2) is 0 Å². The highest BCUT2D eigenvalue weighted by molar-refractivity contribution is 8.68. The van der Waals surface area contributed by atoms with Crippen molar-refractivity contribution < 1.29 is 0 Å². The van der Waals surface area contributed by atoms with E-state index in [1.54, 1.807) is 10.8 Å². The molecule has 1 unspecified atom stereocenters. The van der Waals surface area contributed by atoms with Gasteiger partial charge in [-0.1, -0.05) is 24.6 Å². The van der Waals surface area contributed by atoms with Crippen molar-refractivity contribution in [3.05, 3.63) is 0 Å². The second-order valence-corrected chi connectivity index (χ2v) is 5.85. The second kappa shape index (κ2) is 5.52. The van der Waals surface area contributed by atoms with E-state index in [0.717, 1.165) is 11.8 Å². The van der Waals surface area contributed by atoms with Crippen LogP contribution in [0.5, 0.6) is 0 Å². The third-order valence-corrected chi connectivity index (χ3v) is 4.70. The quantitative estimate of drug-likeness (QED) is 0.573. The fourth-order valence-corrected chi connectivity index (χ4v) is 2.76. The zero-order chi connectivity index (χ0) is 9.84. The first-order valence-electron chi connectivity index (χ1n) is 5.19. The number of likely N-dealkylation sites (tertiary alicyclic amines) is 1. The lowest BCUT2D eigenvalue weighted by atomic mass is 9.87. The molecule has 1 heterocycles. The summed E-state index contributed by atoms with van der Waals surface area (Å²) in [5.74, 6) is 1.81. The molecule has 1 fully saturated rings. The molecule has 0 aromatic heterocycles. The summed E-state index contributed by atoms with van der Waals surface area (Å²) < 4.78 is 0. The van der Waals surface area contributed by atoms with Gasteiger partial charge in [0.1, 0.15) is 0 Å². The van der Waals surface area contributed by atoms with E-state index in [0.29, 0.717) is 5.37 Å². The fourth-order valence-electron chi connectivity index (χ4n) is 2.02. The van der Waals surface area contributed by atoms with Crippen LogP contribution in [0, 0.1) is 11.8 Å². The number of rotatable bonds is 3. The van der Waals surface area contributed by atoms with Crippen LogP contribution >= 0.6 is 22.5 Å². The summed E-state index contributed by atoms with van der Waals surface area (Å²) in [4.78, 5) is 2.54. The SMILES string of the molecule is CC(C)C1CCN(C(C)SS)CC1. The van der Waals surface area contributed by atoms with Crippen LogP contribution in [-0.2, 0) is 0 Å². The molecule has 1 atom stereocenters. The van der Waals surface area contributed by atoms with Crippen LogP contribution in [0.4, 0.5) is 0 Å². The number of thiol groups is 1. The van der Waals surface area contributed by atoms with Crippen LogP contribution in [0.1, 0.15) is 33.6 Å². The molecule has 1 nitrogen and oxygen atoms in total. The first kappa shape index (κ1) is 11.7. The monoisotopic (exact) mass is 219 g/mol. The Morgan fingerprint density at radius 1 is 1.23 bits per heavy atom. The summed E-state index contributed by atoms with van der Waals surface area (Å²) in [5, 5.41) is 0.580. The van der Waals surface area contributed by atoms with Gasteiger partial charge >= 0.3 is 0 Å². The van der Waals surface area contributed by atoms with E-state index in [1.165, 1.54) is 25.9 Å².